The standard InChI is InChI=1S/C53H85N13O12/c1-4-25-78-43-21-20-32(27-34(43)33-13-5-6-14-33)28-40(52(76)77)64-51(75)42-19-12-24-66(42)44(68)29-59-46(70)36(17-9-10-22-54)61-47(71)37-16-8-7-15-35(55)45(69)60-38(18-11-23-58-53(56)57)48(72)63-39(26-31(2)3)49(73)65-41(30-67)50(74)62-37/h7-8,20-21,27,31,33,35-42,67H,4-6,9-19,22-26,28-30,54-55H2,1-3H3,(H,59,70)(H,60,69)(H,61,71)(H,62,74)(H,63,72)(H,64,75)(H,65,73)(H,76,77)(H4,56,57,58)/b8-7-/t35-,36-,37-,38-,39-,40-,41-,42-/m0/s1. The van der Waals surface area contributed by atoms with Gasteiger partial charge in [-0.3, -0.25) is 43.3 Å². The van der Waals surface area contributed by atoms with Gasteiger partial charge in [-0.15, -0.1) is 0 Å². The van der Waals surface area contributed by atoms with Crippen molar-refractivity contribution < 1.29 is 58.1 Å². The van der Waals surface area contributed by atoms with E-state index < -0.39 is 115 Å². The second-order valence-electron chi connectivity index (χ2n) is 20.7. The maximum absolute atomic E-state index is 14.2. The van der Waals surface area contributed by atoms with E-state index in [2.05, 4.69) is 42.2 Å². The topological polar surface area (TPSA) is 407 Å². The van der Waals surface area contributed by atoms with Gasteiger partial charge in [0.25, 0.3) is 0 Å². The molecule has 0 unspecified atom stereocenters. The van der Waals surface area contributed by atoms with Gasteiger partial charge in [0.1, 0.15) is 48.0 Å². The van der Waals surface area contributed by atoms with E-state index in [1.807, 2.05) is 19.1 Å². The van der Waals surface area contributed by atoms with Crippen molar-refractivity contribution in [1.29, 1.82) is 0 Å². The number of carboxylic acid groups (broad SMARTS) is 1. The third-order valence-electron chi connectivity index (χ3n) is 13.9. The molecule has 1 aliphatic carbocycles. The van der Waals surface area contributed by atoms with Crippen LogP contribution in [-0.2, 0) is 49.6 Å². The molecule has 0 radical (unpaired) electrons. The Morgan fingerprint density at radius 3 is 2.17 bits per heavy atom. The van der Waals surface area contributed by atoms with Crippen LogP contribution in [0.1, 0.15) is 134 Å². The molecule has 1 saturated heterocycles. The number of unbranched alkanes of at least 4 members (excludes halogenated alkanes) is 1. The number of rotatable bonds is 25. The van der Waals surface area contributed by atoms with Gasteiger partial charge in [-0.05, 0) is 119 Å². The minimum absolute atomic E-state index is 0.000330. The summed E-state index contributed by atoms with van der Waals surface area (Å²) in [6, 6.07) is -4.57. The van der Waals surface area contributed by atoms with E-state index in [9.17, 15) is 53.4 Å². The number of hydrogen-bond acceptors (Lipinski definition) is 14. The average Bonchev–Trinajstić information content (AvgIpc) is 4.14. The summed E-state index contributed by atoms with van der Waals surface area (Å²) in [7, 11) is 0. The van der Waals surface area contributed by atoms with Crippen LogP contribution >= 0.6 is 0 Å². The first-order valence-corrected chi connectivity index (χ1v) is 27.4. The summed E-state index contributed by atoms with van der Waals surface area (Å²) in [5.41, 5.74) is 24.6. The number of benzene rings is 1. The van der Waals surface area contributed by atoms with E-state index >= 15 is 0 Å². The number of guanidine groups is 1. The van der Waals surface area contributed by atoms with Gasteiger partial charge in [-0.1, -0.05) is 57.9 Å². The highest BCUT2D eigenvalue weighted by atomic mass is 16.5. The highest BCUT2D eigenvalue weighted by Crippen LogP contribution is 2.39. The van der Waals surface area contributed by atoms with Crippen LogP contribution in [0.4, 0.5) is 0 Å². The summed E-state index contributed by atoms with van der Waals surface area (Å²) >= 11 is 0. The molecule has 3 aliphatic rings. The van der Waals surface area contributed by atoms with Gasteiger partial charge in [-0.25, -0.2) is 4.79 Å². The zero-order valence-electron chi connectivity index (χ0n) is 45.4. The second-order valence-corrected chi connectivity index (χ2v) is 20.7. The molecule has 1 saturated carbocycles. The number of aliphatic carboxylic acids is 1. The van der Waals surface area contributed by atoms with Crippen molar-refractivity contribution in [2.24, 2.45) is 33.8 Å². The monoisotopic (exact) mass is 1100 g/mol. The molecule has 17 N–H and O–H groups in total. The summed E-state index contributed by atoms with van der Waals surface area (Å²) < 4.78 is 6.03. The summed E-state index contributed by atoms with van der Waals surface area (Å²) in [4.78, 5) is 128. The Hall–Kier alpha value is -6.86. The number of likely N-dealkylation sites (tertiary alicyclic amines) is 1. The summed E-state index contributed by atoms with van der Waals surface area (Å²) in [6.07, 6.45) is 9.70. The van der Waals surface area contributed by atoms with Gasteiger partial charge in [0.05, 0.1) is 25.8 Å². The van der Waals surface area contributed by atoms with E-state index in [1.165, 1.54) is 17.1 Å². The second kappa shape index (κ2) is 32.8. The highest BCUT2D eigenvalue weighted by molar-refractivity contribution is 5.98. The molecule has 25 heteroatoms. The maximum atomic E-state index is 14.2. The fraction of sp³-hybridized carbons (Fsp3) is 0.660. The molecule has 1 aromatic rings. The molecule has 434 valence electrons. The zero-order valence-corrected chi connectivity index (χ0v) is 45.4. The number of aliphatic hydroxyl groups excluding tert-OH is 1. The number of aliphatic hydroxyl groups is 1. The van der Waals surface area contributed by atoms with Crippen molar-refractivity contribution in [3.05, 3.63) is 41.5 Å². The van der Waals surface area contributed by atoms with E-state index in [0.717, 1.165) is 49.0 Å². The van der Waals surface area contributed by atoms with E-state index in [1.54, 1.807) is 19.9 Å². The van der Waals surface area contributed by atoms with Gasteiger partial charge in [0.2, 0.25) is 47.3 Å². The number of aliphatic imine (C=N–C) groups is 1. The molecule has 78 heavy (non-hydrogen) atoms. The van der Waals surface area contributed by atoms with Crippen LogP contribution in [-0.4, -0.2) is 162 Å². The number of hydrogen-bond donors (Lipinski definition) is 13. The van der Waals surface area contributed by atoms with Crippen LogP contribution in [0.5, 0.6) is 5.75 Å². The van der Waals surface area contributed by atoms with Crippen LogP contribution in [0.2, 0.25) is 0 Å². The Bertz CT molecular complexity index is 2270. The molecule has 2 fully saturated rings. The molecule has 8 amide bonds. The summed E-state index contributed by atoms with van der Waals surface area (Å²) in [6.45, 7) is 5.26. The average molecular weight is 1100 g/mol. The first-order chi connectivity index (χ1) is 37.3. The molecule has 2 aliphatic heterocycles. The predicted molar refractivity (Wildman–Crippen MR) is 290 cm³/mol. The van der Waals surface area contributed by atoms with Crippen LogP contribution in [0.3, 0.4) is 0 Å². The van der Waals surface area contributed by atoms with Crippen LogP contribution in [0.25, 0.3) is 0 Å². The van der Waals surface area contributed by atoms with E-state index in [4.69, 9.17) is 27.7 Å². The molecule has 0 aromatic heterocycles. The van der Waals surface area contributed by atoms with Gasteiger partial charge in [0.15, 0.2) is 5.96 Å². The van der Waals surface area contributed by atoms with Crippen molar-refractivity contribution in [3.63, 3.8) is 0 Å². The first kappa shape index (κ1) is 63.7. The van der Waals surface area contributed by atoms with Crippen molar-refractivity contribution in [2.75, 3.05) is 39.4 Å². The molecule has 0 bridgehead atoms. The lowest BCUT2D eigenvalue weighted by Gasteiger charge is -2.27. The fourth-order valence-electron chi connectivity index (χ4n) is 9.67. The molecular formula is C53H85N13O12. The lowest BCUT2D eigenvalue weighted by atomic mass is 9.93. The van der Waals surface area contributed by atoms with E-state index in [-0.39, 0.29) is 82.9 Å². The molecule has 8 atom stereocenters. The molecule has 2 heterocycles. The Kier molecular flexibility index (Phi) is 26.8. The number of ether oxygens (including phenoxy) is 1. The number of carbonyl (C=O) groups is 9. The molecular weight excluding hydrogens is 1010 g/mol. The van der Waals surface area contributed by atoms with E-state index in [0.29, 0.717) is 31.8 Å². The predicted octanol–water partition coefficient (Wildman–Crippen LogP) is -1.33. The summed E-state index contributed by atoms with van der Waals surface area (Å²) in [5, 5.41) is 38.7. The third kappa shape index (κ3) is 20.5. The lowest BCUT2D eigenvalue weighted by molar-refractivity contribution is -0.144. The van der Waals surface area contributed by atoms with Crippen LogP contribution < -0.4 is 64.9 Å². The minimum Gasteiger partial charge on any atom is -0.493 e. The number of nitrogens with two attached hydrogens (primary N) is 4. The Labute approximate surface area is 456 Å². The van der Waals surface area contributed by atoms with Crippen molar-refractivity contribution in [2.45, 2.75) is 178 Å². The lowest BCUT2D eigenvalue weighted by Crippen LogP contribution is -2.60. The van der Waals surface area contributed by atoms with Gasteiger partial charge < -0.3 is 80.0 Å². The van der Waals surface area contributed by atoms with Crippen molar-refractivity contribution in [3.8, 4) is 5.75 Å². The maximum Gasteiger partial charge on any atom is 0.326 e. The van der Waals surface area contributed by atoms with Crippen molar-refractivity contribution >= 4 is 59.2 Å². The number of amides is 8. The molecule has 0 spiro atoms. The smallest absolute Gasteiger partial charge is 0.326 e. The molecule has 1 aromatic carbocycles. The van der Waals surface area contributed by atoms with Gasteiger partial charge >= 0.3 is 5.97 Å². The summed E-state index contributed by atoms with van der Waals surface area (Å²) in [5.74, 6) is -6.60. The first-order valence-electron chi connectivity index (χ1n) is 27.4. The number of nitrogens with one attached hydrogen (secondary N) is 7. The number of carboxylic acids is 1. The van der Waals surface area contributed by atoms with Crippen LogP contribution in [0.15, 0.2) is 35.3 Å². The van der Waals surface area contributed by atoms with Crippen LogP contribution in [0, 0.1) is 5.92 Å². The Morgan fingerprint density at radius 1 is 0.833 bits per heavy atom. The molecule has 4 rings (SSSR count). The highest BCUT2D eigenvalue weighted by Gasteiger charge is 2.38. The third-order valence-corrected chi connectivity index (χ3v) is 13.9. The Balaban J connectivity index is 1.48. The van der Waals surface area contributed by atoms with Gasteiger partial charge in [-0.2, -0.15) is 0 Å². The SMILES string of the molecule is CCCOc1ccc(C[C@H](NC(=O)[C@@H]2CCCN2C(=O)CNC(=O)[C@H](CCCCN)NC(=O)[C@@H]2C/C=C\C[C@H](N)C(=O)N[C@@H](CCCN=C(N)N)C(=O)N[C@@H](CC(C)C)C(=O)N[C@@H](CO)C(=O)N2)C(=O)O)cc1C1CCCC1. The van der Waals surface area contributed by atoms with Crippen molar-refractivity contribution in [1.82, 2.24) is 42.1 Å². The fourth-order valence-corrected chi connectivity index (χ4v) is 9.67. The quantitative estimate of drug-likeness (QED) is 0.0234. The molecule has 25 nitrogen and oxygen atoms in total. The Morgan fingerprint density at radius 2 is 1.50 bits per heavy atom. The zero-order chi connectivity index (χ0) is 57.3. The normalized spacial score (nSPS) is 22.9. The minimum atomic E-state index is -1.61. The number of carbonyl (C=O) groups excluding carboxylic acids is 8. The number of nitrogens with zero attached hydrogens (tertiary/aromatic N) is 2. The van der Waals surface area contributed by atoms with Gasteiger partial charge in [0, 0.05) is 19.5 Å². The largest absolute Gasteiger partial charge is 0.493 e.